The number of rotatable bonds is 7. The summed E-state index contributed by atoms with van der Waals surface area (Å²) in [6.07, 6.45) is 3.68. The minimum atomic E-state index is 0.395. The number of hydrogen-bond acceptors (Lipinski definition) is 5. The number of aryl methyl sites for hydroxylation is 1. The SMILES string of the molecule is Cc1ccc(OCc2cn(CCNc3ccnc4cc(Cl)ccc34)nn2)cc1. The molecule has 2 aromatic carbocycles. The predicted molar refractivity (Wildman–Crippen MR) is 111 cm³/mol. The second-order valence-corrected chi connectivity index (χ2v) is 6.96. The first-order valence-corrected chi connectivity index (χ1v) is 9.42. The highest BCUT2D eigenvalue weighted by Crippen LogP contribution is 2.24. The molecule has 4 aromatic rings. The van der Waals surface area contributed by atoms with Crippen molar-refractivity contribution in [1.82, 2.24) is 20.0 Å². The zero-order chi connectivity index (χ0) is 19.3. The Morgan fingerprint density at radius 1 is 1.11 bits per heavy atom. The Balaban J connectivity index is 1.32. The molecule has 2 aromatic heterocycles. The van der Waals surface area contributed by atoms with Crippen molar-refractivity contribution in [3.05, 3.63) is 77.2 Å². The number of anilines is 1. The monoisotopic (exact) mass is 393 g/mol. The number of halogens is 1. The van der Waals surface area contributed by atoms with Crippen LogP contribution in [-0.2, 0) is 13.2 Å². The maximum Gasteiger partial charge on any atom is 0.134 e. The number of nitrogens with zero attached hydrogens (tertiary/aromatic N) is 4. The van der Waals surface area contributed by atoms with Gasteiger partial charge in [0.1, 0.15) is 18.1 Å². The highest BCUT2D eigenvalue weighted by atomic mass is 35.5. The summed E-state index contributed by atoms with van der Waals surface area (Å²) in [6, 6.07) is 15.6. The van der Waals surface area contributed by atoms with Crippen LogP contribution >= 0.6 is 11.6 Å². The van der Waals surface area contributed by atoms with E-state index in [0.717, 1.165) is 28.0 Å². The van der Waals surface area contributed by atoms with Crippen LogP contribution in [0.25, 0.3) is 10.9 Å². The predicted octanol–water partition coefficient (Wildman–Crippen LogP) is 4.48. The van der Waals surface area contributed by atoms with Crippen LogP contribution in [0, 0.1) is 6.92 Å². The quantitative estimate of drug-likeness (QED) is 0.501. The molecule has 0 saturated heterocycles. The topological polar surface area (TPSA) is 64.9 Å². The molecule has 0 aliphatic rings. The molecule has 1 N–H and O–H groups in total. The van der Waals surface area contributed by atoms with Crippen molar-refractivity contribution >= 4 is 28.2 Å². The Kier molecular flexibility index (Phi) is 5.39. The third-order valence-corrected chi connectivity index (χ3v) is 4.59. The van der Waals surface area contributed by atoms with Crippen molar-refractivity contribution in [3.63, 3.8) is 0 Å². The molecule has 0 aliphatic heterocycles. The van der Waals surface area contributed by atoms with Crippen LogP contribution in [0.3, 0.4) is 0 Å². The van der Waals surface area contributed by atoms with Crippen LogP contribution in [0.15, 0.2) is 60.9 Å². The molecule has 0 amide bonds. The van der Waals surface area contributed by atoms with Gasteiger partial charge in [-0.3, -0.25) is 9.67 Å². The van der Waals surface area contributed by atoms with Crippen molar-refractivity contribution < 1.29 is 4.74 Å². The number of benzene rings is 2. The Hall–Kier alpha value is -3.12. The van der Waals surface area contributed by atoms with Gasteiger partial charge in [0.25, 0.3) is 0 Å². The fourth-order valence-electron chi connectivity index (χ4n) is 2.89. The van der Waals surface area contributed by atoms with Gasteiger partial charge in [-0.05, 0) is 43.3 Å². The van der Waals surface area contributed by atoms with E-state index < -0.39 is 0 Å². The van der Waals surface area contributed by atoms with E-state index in [1.54, 1.807) is 10.9 Å². The lowest BCUT2D eigenvalue weighted by Gasteiger charge is -2.09. The van der Waals surface area contributed by atoms with Crippen LogP contribution in [0.5, 0.6) is 5.75 Å². The lowest BCUT2D eigenvalue weighted by atomic mass is 10.2. The van der Waals surface area contributed by atoms with Crippen LogP contribution in [0.2, 0.25) is 5.02 Å². The molecular formula is C21H20ClN5O. The smallest absolute Gasteiger partial charge is 0.134 e. The number of fused-ring (bicyclic) bond motifs is 1. The van der Waals surface area contributed by atoms with Gasteiger partial charge in [-0.15, -0.1) is 5.10 Å². The van der Waals surface area contributed by atoms with Crippen molar-refractivity contribution in [2.75, 3.05) is 11.9 Å². The number of nitrogens with one attached hydrogen (secondary N) is 1. The van der Waals surface area contributed by atoms with Gasteiger partial charge < -0.3 is 10.1 Å². The summed E-state index contributed by atoms with van der Waals surface area (Å²) in [7, 11) is 0. The van der Waals surface area contributed by atoms with Gasteiger partial charge in [-0.2, -0.15) is 0 Å². The summed E-state index contributed by atoms with van der Waals surface area (Å²) < 4.78 is 7.55. The molecule has 0 spiro atoms. The van der Waals surface area contributed by atoms with E-state index in [1.807, 2.05) is 61.7 Å². The highest BCUT2D eigenvalue weighted by molar-refractivity contribution is 6.31. The Bertz CT molecular complexity index is 1080. The molecule has 2 heterocycles. The maximum absolute atomic E-state index is 6.04. The average Bonchev–Trinajstić information content (AvgIpc) is 3.15. The van der Waals surface area contributed by atoms with Gasteiger partial charge in [-0.1, -0.05) is 34.5 Å². The number of pyridine rings is 1. The number of hydrogen-bond donors (Lipinski definition) is 1. The third kappa shape index (κ3) is 4.40. The van der Waals surface area contributed by atoms with Crippen molar-refractivity contribution in [2.45, 2.75) is 20.1 Å². The van der Waals surface area contributed by atoms with Crippen molar-refractivity contribution in [1.29, 1.82) is 0 Å². The van der Waals surface area contributed by atoms with Crippen molar-refractivity contribution in [2.24, 2.45) is 0 Å². The van der Waals surface area contributed by atoms with Crippen LogP contribution in [0.1, 0.15) is 11.3 Å². The summed E-state index contributed by atoms with van der Waals surface area (Å²) in [5, 5.41) is 13.5. The van der Waals surface area contributed by atoms with E-state index in [2.05, 4.69) is 20.6 Å². The third-order valence-electron chi connectivity index (χ3n) is 4.35. The molecule has 0 fully saturated rings. The fourth-order valence-corrected chi connectivity index (χ4v) is 3.05. The first-order chi connectivity index (χ1) is 13.7. The summed E-state index contributed by atoms with van der Waals surface area (Å²) in [6.45, 7) is 3.85. The summed E-state index contributed by atoms with van der Waals surface area (Å²) in [5.74, 6) is 0.825. The molecule has 0 saturated carbocycles. The molecule has 0 atom stereocenters. The lowest BCUT2D eigenvalue weighted by molar-refractivity contribution is 0.301. The molecule has 0 bridgehead atoms. The van der Waals surface area contributed by atoms with Crippen LogP contribution in [0.4, 0.5) is 5.69 Å². The van der Waals surface area contributed by atoms with Crippen molar-refractivity contribution in [3.8, 4) is 5.75 Å². The van der Waals surface area contributed by atoms with Gasteiger partial charge in [0.15, 0.2) is 0 Å². The van der Waals surface area contributed by atoms with Crippen LogP contribution < -0.4 is 10.1 Å². The normalized spacial score (nSPS) is 10.9. The highest BCUT2D eigenvalue weighted by Gasteiger charge is 2.04. The largest absolute Gasteiger partial charge is 0.487 e. The van der Waals surface area contributed by atoms with E-state index >= 15 is 0 Å². The van der Waals surface area contributed by atoms with E-state index in [0.29, 0.717) is 24.7 Å². The number of aromatic nitrogens is 4. The lowest BCUT2D eigenvalue weighted by Crippen LogP contribution is -2.11. The summed E-state index contributed by atoms with van der Waals surface area (Å²) >= 11 is 6.04. The Morgan fingerprint density at radius 3 is 2.82 bits per heavy atom. The molecule has 7 heteroatoms. The van der Waals surface area contributed by atoms with Gasteiger partial charge in [0.2, 0.25) is 0 Å². The second-order valence-electron chi connectivity index (χ2n) is 6.52. The average molecular weight is 394 g/mol. The minimum absolute atomic E-state index is 0.395. The zero-order valence-electron chi connectivity index (χ0n) is 15.5. The van der Waals surface area contributed by atoms with E-state index in [4.69, 9.17) is 16.3 Å². The Morgan fingerprint density at radius 2 is 1.96 bits per heavy atom. The second kappa shape index (κ2) is 8.27. The first kappa shape index (κ1) is 18.3. The zero-order valence-corrected chi connectivity index (χ0v) is 16.2. The van der Waals surface area contributed by atoms with Gasteiger partial charge in [0, 0.05) is 28.8 Å². The van der Waals surface area contributed by atoms with E-state index in [-0.39, 0.29) is 0 Å². The fraction of sp³-hybridized carbons (Fsp3) is 0.190. The van der Waals surface area contributed by atoms with Gasteiger partial charge in [-0.25, -0.2) is 0 Å². The van der Waals surface area contributed by atoms with E-state index in [1.165, 1.54) is 5.56 Å². The molecule has 0 unspecified atom stereocenters. The van der Waals surface area contributed by atoms with E-state index in [9.17, 15) is 0 Å². The number of ether oxygens (including phenoxy) is 1. The molecule has 4 rings (SSSR count). The standard InChI is InChI=1S/C21H20ClN5O/c1-15-2-5-18(6-3-15)28-14-17-13-27(26-25-17)11-10-24-20-8-9-23-21-12-16(22)4-7-19(20)21/h2-9,12-13H,10-11,14H2,1H3,(H,23,24). The van der Waals surface area contributed by atoms with Gasteiger partial charge in [0.05, 0.1) is 18.3 Å². The molecule has 142 valence electrons. The minimum Gasteiger partial charge on any atom is -0.487 e. The molecule has 0 radical (unpaired) electrons. The molecule has 28 heavy (non-hydrogen) atoms. The van der Waals surface area contributed by atoms with Crippen LogP contribution in [-0.4, -0.2) is 26.5 Å². The van der Waals surface area contributed by atoms with Gasteiger partial charge >= 0.3 is 0 Å². The maximum atomic E-state index is 6.04. The molecule has 0 aliphatic carbocycles. The summed E-state index contributed by atoms with van der Waals surface area (Å²) in [4.78, 5) is 4.36. The summed E-state index contributed by atoms with van der Waals surface area (Å²) in [5.41, 5.74) is 3.89. The first-order valence-electron chi connectivity index (χ1n) is 9.04. The molecular weight excluding hydrogens is 374 g/mol. The molecule has 6 nitrogen and oxygen atoms in total. The Labute approximate surface area is 168 Å².